The molecule has 1 aliphatic heterocycles. The lowest BCUT2D eigenvalue weighted by Crippen LogP contribution is -2.27. The van der Waals surface area contributed by atoms with Crippen molar-refractivity contribution in [3.63, 3.8) is 0 Å². The molecule has 0 radical (unpaired) electrons. The van der Waals surface area contributed by atoms with Gasteiger partial charge in [0.1, 0.15) is 0 Å². The summed E-state index contributed by atoms with van der Waals surface area (Å²) in [6, 6.07) is 23.4. The maximum atomic E-state index is 12.6. The van der Waals surface area contributed by atoms with Gasteiger partial charge in [-0.1, -0.05) is 48.5 Å². The number of benzene rings is 3. The van der Waals surface area contributed by atoms with Crippen LogP contribution in [-0.2, 0) is 4.79 Å². The molecule has 0 aliphatic carbocycles. The second-order valence-electron chi connectivity index (χ2n) is 7.84. The van der Waals surface area contributed by atoms with Gasteiger partial charge < -0.3 is 15.5 Å². The van der Waals surface area contributed by atoms with E-state index >= 15 is 0 Å². The molecule has 0 spiro atoms. The van der Waals surface area contributed by atoms with Gasteiger partial charge in [0, 0.05) is 35.6 Å². The van der Waals surface area contributed by atoms with Crippen LogP contribution < -0.4 is 10.6 Å². The fraction of sp³-hybridized carbons (Fsp3) is 0.231. The van der Waals surface area contributed by atoms with E-state index in [9.17, 15) is 9.59 Å². The summed E-state index contributed by atoms with van der Waals surface area (Å²) in [6.07, 6.45) is 2.15. The van der Waals surface area contributed by atoms with Gasteiger partial charge in [-0.15, -0.1) is 0 Å². The number of hydrogen-bond acceptors (Lipinski definition) is 3. The normalized spacial score (nSPS) is 13.1. The van der Waals surface area contributed by atoms with E-state index in [1.165, 1.54) is 0 Å². The van der Waals surface area contributed by atoms with Gasteiger partial charge in [0.25, 0.3) is 5.91 Å². The van der Waals surface area contributed by atoms with Crippen LogP contribution in [0.3, 0.4) is 0 Å². The van der Waals surface area contributed by atoms with Crippen molar-refractivity contribution in [3.05, 3.63) is 83.9 Å². The number of aryl methyl sites for hydroxylation is 1. The molecule has 5 nitrogen and oxygen atoms in total. The maximum Gasteiger partial charge on any atom is 0.253 e. The van der Waals surface area contributed by atoms with Crippen LogP contribution in [0.25, 0.3) is 11.1 Å². The first-order valence-electron chi connectivity index (χ1n) is 10.7. The zero-order chi connectivity index (χ0) is 21.6. The molecule has 3 aromatic carbocycles. The number of para-hydroxylation sites is 1. The summed E-state index contributed by atoms with van der Waals surface area (Å²) in [5.41, 5.74) is 5.32. The minimum absolute atomic E-state index is 0.0856. The Kier molecular flexibility index (Phi) is 6.32. The zero-order valence-electron chi connectivity index (χ0n) is 17.7. The molecule has 2 N–H and O–H groups in total. The van der Waals surface area contributed by atoms with Crippen molar-refractivity contribution in [2.24, 2.45) is 0 Å². The molecule has 3 aromatic rings. The molecule has 0 saturated carbocycles. The quantitative estimate of drug-likeness (QED) is 0.601. The van der Waals surface area contributed by atoms with Crippen LogP contribution in [0.5, 0.6) is 0 Å². The lowest BCUT2D eigenvalue weighted by Gasteiger charge is -2.17. The van der Waals surface area contributed by atoms with Crippen molar-refractivity contribution in [2.45, 2.75) is 19.8 Å². The standard InChI is InChI=1S/C26H27N3O2/c1-19-17-21(26(31)29-15-7-8-16-29)13-14-23(19)27-18-25(30)28-24-12-6-5-11-22(24)20-9-3-2-4-10-20/h2-6,9-14,17,27H,7-8,15-16,18H2,1H3,(H,28,30). The Morgan fingerprint density at radius 3 is 2.32 bits per heavy atom. The van der Waals surface area contributed by atoms with E-state index in [0.717, 1.165) is 54.0 Å². The number of carbonyl (C=O) groups is 2. The Bertz CT molecular complexity index is 1070. The van der Waals surface area contributed by atoms with E-state index in [4.69, 9.17) is 0 Å². The number of likely N-dealkylation sites (tertiary alicyclic amines) is 1. The van der Waals surface area contributed by atoms with Crippen LogP contribution >= 0.6 is 0 Å². The first-order chi connectivity index (χ1) is 15.1. The van der Waals surface area contributed by atoms with Crippen LogP contribution in [0.2, 0.25) is 0 Å². The van der Waals surface area contributed by atoms with E-state index in [2.05, 4.69) is 10.6 Å². The predicted molar refractivity (Wildman–Crippen MR) is 125 cm³/mol. The first-order valence-corrected chi connectivity index (χ1v) is 10.7. The van der Waals surface area contributed by atoms with Gasteiger partial charge in [0.05, 0.1) is 6.54 Å². The monoisotopic (exact) mass is 413 g/mol. The summed E-state index contributed by atoms with van der Waals surface area (Å²) in [5, 5.41) is 6.19. The Labute approximate surface area is 183 Å². The third-order valence-corrected chi connectivity index (χ3v) is 5.59. The fourth-order valence-corrected chi connectivity index (χ4v) is 3.93. The van der Waals surface area contributed by atoms with E-state index in [0.29, 0.717) is 5.56 Å². The highest BCUT2D eigenvalue weighted by atomic mass is 16.2. The van der Waals surface area contributed by atoms with Crippen LogP contribution in [0.1, 0.15) is 28.8 Å². The molecule has 5 heteroatoms. The molecule has 1 fully saturated rings. The van der Waals surface area contributed by atoms with Crippen molar-refractivity contribution >= 4 is 23.2 Å². The average Bonchev–Trinajstić information content (AvgIpc) is 3.34. The largest absolute Gasteiger partial charge is 0.376 e. The summed E-state index contributed by atoms with van der Waals surface area (Å²) in [6.45, 7) is 3.76. The number of anilines is 2. The molecule has 0 unspecified atom stereocenters. The van der Waals surface area contributed by atoms with Crippen LogP contribution in [0.15, 0.2) is 72.8 Å². The highest BCUT2D eigenvalue weighted by Crippen LogP contribution is 2.27. The molecule has 0 aromatic heterocycles. The fourth-order valence-electron chi connectivity index (χ4n) is 3.93. The topological polar surface area (TPSA) is 61.4 Å². The Morgan fingerprint density at radius 1 is 0.871 bits per heavy atom. The Morgan fingerprint density at radius 2 is 1.58 bits per heavy atom. The second kappa shape index (κ2) is 9.47. The lowest BCUT2D eigenvalue weighted by molar-refractivity contribution is -0.114. The minimum atomic E-state index is -0.125. The highest BCUT2D eigenvalue weighted by Gasteiger charge is 2.19. The molecule has 2 amide bonds. The third-order valence-electron chi connectivity index (χ3n) is 5.59. The Balaban J connectivity index is 1.39. The van der Waals surface area contributed by atoms with Crippen molar-refractivity contribution < 1.29 is 9.59 Å². The zero-order valence-corrected chi connectivity index (χ0v) is 17.7. The van der Waals surface area contributed by atoms with Gasteiger partial charge in [-0.2, -0.15) is 0 Å². The molecular weight excluding hydrogens is 386 g/mol. The van der Waals surface area contributed by atoms with Gasteiger partial charge in [0.15, 0.2) is 0 Å². The molecule has 0 atom stereocenters. The second-order valence-corrected chi connectivity index (χ2v) is 7.84. The third kappa shape index (κ3) is 4.94. The van der Waals surface area contributed by atoms with Crippen LogP contribution in [0, 0.1) is 6.92 Å². The summed E-state index contributed by atoms with van der Waals surface area (Å²) < 4.78 is 0. The van der Waals surface area contributed by atoms with E-state index < -0.39 is 0 Å². The van der Waals surface area contributed by atoms with E-state index in [1.807, 2.05) is 84.6 Å². The average molecular weight is 414 g/mol. The number of rotatable bonds is 6. The summed E-state index contributed by atoms with van der Waals surface area (Å²) in [7, 11) is 0. The summed E-state index contributed by atoms with van der Waals surface area (Å²) in [4.78, 5) is 27.1. The highest BCUT2D eigenvalue weighted by molar-refractivity contribution is 5.98. The predicted octanol–water partition coefficient (Wildman–Crippen LogP) is 4.95. The number of amides is 2. The van der Waals surface area contributed by atoms with E-state index in [1.54, 1.807) is 0 Å². The summed E-state index contributed by atoms with van der Waals surface area (Å²) >= 11 is 0. The smallest absolute Gasteiger partial charge is 0.253 e. The number of hydrogen-bond donors (Lipinski definition) is 2. The number of carbonyl (C=O) groups excluding carboxylic acids is 2. The van der Waals surface area contributed by atoms with Crippen molar-refractivity contribution in [2.75, 3.05) is 30.3 Å². The van der Waals surface area contributed by atoms with Crippen molar-refractivity contribution in [1.29, 1.82) is 0 Å². The molecule has 1 saturated heterocycles. The van der Waals surface area contributed by atoms with Crippen LogP contribution in [-0.4, -0.2) is 36.3 Å². The van der Waals surface area contributed by atoms with Crippen molar-refractivity contribution in [1.82, 2.24) is 4.90 Å². The Hall–Kier alpha value is -3.60. The van der Waals surface area contributed by atoms with Gasteiger partial charge in [-0.25, -0.2) is 0 Å². The van der Waals surface area contributed by atoms with Gasteiger partial charge in [-0.05, 0) is 55.2 Å². The van der Waals surface area contributed by atoms with Crippen LogP contribution in [0.4, 0.5) is 11.4 Å². The SMILES string of the molecule is Cc1cc(C(=O)N2CCCC2)ccc1NCC(=O)Nc1ccccc1-c1ccccc1. The molecule has 158 valence electrons. The van der Waals surface area contributed by atoms with Gasteiger partial charge in [0.2, 0.25) is 5.91 Å². The van der Waals surface area contributed by atoms with Crippen molar-refractivity contribution in [3.8, 4) is 11.1 Å². The maximum absolute atomic E-state index is 12.6. The minimum Gasteiger partial charge on any atom is -0.376 e. The number of nitrogens with one attached hydrogen (secondary N) is 2. The van der Waals surface area contributed by atoms with Gasteiger partial charge in [-0.3, -0.25) is 9.59 Å². The van der Waals surface area contributed by atoms with Gasteiger partial charge >= 0.3 is 0 Å². The molecule has 31 heavy (non-hydrogen) atoms. The molecule has 1 heterocycles. The van der Waals surface area contributed by atoms with E-state index in [-0.39, 0.29) is 18.4 Å². The molecule has 1 aliphatic rings. The first kappa shape index (κ1) is 20.7. The molecular formula is C26H27N3O2. The summed E-state index contributed by atoms with van der Waals surface area (Å²) in [5.74, 6) is -0.0394. The molecule has 4 rings (SSSR count). The lowest BCUT2D eigenvalue weighted by atomic mass is 10.0. The number of nitrogens with zero attached hydrogens (tertiary/aromatic N) is 1. The molecule has 0 bridgehead atoms.